The summed E-state index contributed by atoms with van der Waals surface area (Å²) in [6.45, 7) is 1.13. The summed E-state index contributed by atoms with van der Waals surface area (Å²) in [6.07, 6.45) is 1.53. The summed E-state index contributed by atoms with van der Waals surface area (Å²) in [5.74, 6) is 0.996. The van der Waals surface area contributed by atoms with Gasteiger partial charge in [0.25, 0.3) is 0 Å². The molecule has 2 aromatic carbocycles. The number of ether oxygens (including phenoxy) is 4. The van der Waals surface area contributed by atoms with Crippen LogP contribution in [0.5, 0.6) is 11.5 Å². The normalized spacial score (nSPS) is 16.3. The lowest BCUT2D eigenvalue weighted by atomic mass is 10.2. The van der Waals surface area contributed by atoms with Gasteiger partial charge in [-0.15, -0.1) is 0 Å². The van der Waals surface area contributed by atoms with Crippen LogP contribution in [0.2, 0.25) is 0 Å². The molecule has 1 aliphatic heterocycles. The Labute approximate surface area is 165 Å². The van der Waals surface area contributed by atoms with Crippen LogP contribution in [0, 0.1) is 5.82 Å². The van der Waals surface area contributed by atoms with E-state index in [0.717, 1.165) is 5.39 Å². The van der Waals surface area contributed by atoms with Crippen molar-refractivity contribution in [2.45, 2.75) is 6.10 Å². The number of aromatic nitrogens is 2. The number of anilines is 2. The smallest absolute Gasteiger partial charge is 0.245 e. The Morgan fingerprint density at radius 3 is 2.79 bits per heavy atom. The minimum absolute atomic E-state index is 0.112. The van der Waals surface area contributed by atoms with E-state index in [1.807, 2.05) is 0 Å². The van der Waals surface area contributed by atoms with Gasteiger partial charge in [0.05, 0.1) is 24.9 Å². The Hall–Kier alpha value is -2.68. The predicted molar refractivity (Wildman–Crippen MR) is 102 cm³/mol. The van der Waals surface area contributed by atoms with Gasteiger partial charge in [-0.1, -0.05) is 0 Å². The molecule has 146 valence electrons. The lowest BCUT2D eigenvalue weighted by Gasteiger charge is -2.16. The second kappa shape index (κ2) is 8.14. The largest absolute Gasteiger partial charge is 0.493 e. The molecular weight excluding hydrogens is 389 g/mol. The van der Waals surface area contributed by atoms with Crippen LogP contribution < -0.4 is 13.9 Å². The molecule has 1 fully saturated rings. The number of rotatable bonds is 6. The highest BCUT2D eigenvalue weighted by Gasteiger charge is 2.19. The molecule has 0 saturated carbocycles. The third-order valence-corrected chi connectivity index (χ3v) is 4.54. The highest BCUT2D eigenvalue weighted by Crippen LogP contribution is 2.33. The van der Waals surface area contributed by atoms with E-state index in [1.165, 1.54) is 16.6 Å². The summed E-state index contributed by atoms with van der Waals surface area (Å²) in [5.41, 5.74) is 1.18. The minimum Gasteiger partial charge on any atom is -0.493 e. The Kier molecular flexibility index (Phi) is 5.43. The maximum absolute atomic E-state index is 13.1. The molecule has 28 heavy (non-hydrogen) atoms. The Morgan fingerprint density at radius 1 is 1.25 bits per heavy atom. The van der Waals surface area contributed by atoms with E-state index in [4.69, 9.17) is 30.7 Å². The summed E-state index contributed by atoms with van der Waals surface area (Å²) in [6, 6.07) is 9.26. The Bertz CT molecular complexity index is 967. The van der Waals surface area contributed by atoms with Gasteiger partial charge in [-0.2, -0.15) is 0 Å². The highest BCUT2D eigenvalue weighted by molar-refractivity contribution is 6.28. The third kappa shape index (κ3) is 3.94. The average molecular weight is 406 g/mol. The fraction of sp³-hybridized carbons (Fsp3) is 0.263. The number of methoxy groups -OCH3 is 1. The third-order valence-electron chi connectivity index (χ3n) is 4.20. The first-order valence-electron chi connectivity index (χ1n) is 8.52. The molecule has 1 saturated heterocycles. The zero-order valence-corrected chi connectivity index (χ0v) is 15.7. The lowest BCUT2D eigenvalue weighted by Crippen LogP contribution is -2.19. The van der Waals surface area contributed by atoms with Gasteiger partial charge in [-0.3, -0.25) is 0 Å². The highest BCUT2D eigenvalue weighted by atomic mass is 35.5. The fourth-order valence-corrected chi connectivity index (χ4v) is 2.93. The van der Waals surface area contributed by atoms with Crippen LogP contribution in [0.15, 0.2) is 42.6 Å². The lowest BCUT2D eigenvalue weighted by molar-refractivity contribution is 0.0317. The van der Waals surface area contributed by atoms with Crippen LogP contribution in [-0.2, 0) is 9.47 Å². The summed E-state index contributed by atoms with van der Waals surface area (Å²) >= 11 is 6.32. The summed E-state index contributed by atoms with van der Waals surface area (Å²) in [4.78, 5) is 8.76. The van der Waals surface area contributed by atoms with Crippen LogP contribution in [0.25, 0.3) is 10.9 Å². The van der Waals surface area contributed by atoms with E-state index >= 15 is 0 Å². The molecule has 0 amide bonds. The van der Waals surface area contributed by atoms with E-state index in [9.17, 15) is 4.39 Å². The first-order chi connectivity index (χ1) is 13.6. The SMILES string of the molecule is COc1cc2nc(N(Cl)c3ccc(F)cc3)ncc2cc1OCC1COCO1. The van der Waals surface area contributed by atoms with Gasteiger partial charge in [0, 0.05) is 29.4 Å². The van der Waals surface area contributed by atoms with Gasteiger partial charge in [0.1, 0.15) is 25.3 Å². The molecule has 0 N–H and O–H groups in total. The number of hydrogen-bond donors (Lipinski definition) is 0. The topological polar surface area (TPSA) is 65.9 Å². The maximum atomic E-state index is 13.1. The quantitative estimate of drug-likeness (QED) is 0.577. The van der Waals surface area contributed by atoms with Crippen LogP contribution in [-0.4, -0.2) is 43.2 Å². The number of nitrogens with zero attached hydrogens (tertiary/aromatic N) is 3. The minimum atomic E-state index is -0.347. The second-order valence-corrected chi connectivity index (χ2v) is 6.42. The van der Waals surface area contributed by atoms with Gasteiger partial charge >= 0.3 is 0 Å². The number of benzene rings is 2. The van der Waals surface area contributed by atoms with Gasteiger partial charge in [-0.25, -0.2) is 18.8 Å². The fourth-order valence-electron chi connectivity index (χ4n) is 2.73. The molecule has 2 heterocycles. The molecule has 1 aliphatic rings. The van der Waals surface area contributed by atoms with E-state index in [1.54, 1.807) is 37.6 Å². The summed E-state index contributed by atoms with van der Waals surface area (Å²) < 4.78 is 36.1. The van der Waals surface area contributed by atoms with Crippen molar-refractivity contribution in [3.05, 3.63) is 48.4 Å². The number of halogens is 2. The molecule has 3 aromatic rings. The number of hydrogen-bond acceptors (Lipinski definition) is 7. The molecule has 1 unspecified atom stereocenters. The molecule has 9 heteroatoms. The van der Waals surface area contributed by atoms with E-state index in [0.29, 0.717) is 35.9 Å². The molecule has 4 rings (SSSR count). The van der Waals surface area contributed by atoms with Crippen LogP contribution >= 0.6 is 11.8 Å². The van der Waals surface area contributed by atoms with Gasteiger partial charge in [0.2, 0.25) is 5.95 Å². The van der Waals surface area contributed by atoms with Gasteiger partial charge in [0.15, 0.2) is 11.5 Å². The second-order valence-electron chi connectivity index (χ2n) is 6.08. The monoisotopic (exact) mass is 405 g/mol. The summed E-state index contributed by atoms with van der Waals surface area (Å²) in [5, 5.41) is 0.757. The Balaban J connectivity index is 1.60. The van der Waals surface area contributed by atoms with E-state index < -0.39 is 0 Å². The molecule has 1 aromatic heterocycles. The molecule has 0 aliphatic carbocycles. The van der Waals surface area contributed by atoms with Crippen molar-refractivity contribution in [3.8, 4) is 11.5 Å². The zero-order chi connectivity index (χ0) is 19.5. The van der Waals surface area contributed by atoms with E-state index in [-0.39, 0.29) is 24.7 Å². The standard InChI is InChI=1S/C19H17ClFN3O4/c1-25-17-7-16-12(6-18(17)27-10-15-9-26-11-28-15)8-22-19(23-16)24(20)14-4-2-13(21)3-5-14/h2-8,15H,9-11H2,1H3. The zero-order valence-electron chi connectivity index (χ0n) is 15.0. The van der Waals surface area contributed by atoms with Crippen molar-refractivity contribution in [3.63, 3.8) is 0 Å². The van der Waals surface area contributed by atoms with Crippen LogP contribution in [0.4, 0.5) is 16.0 Å². The first-order valence-corrected chi connectivity index (χ1v) is 8.86. The van der Waals surface area contributed by atoms with Gasteiger partial charge < -0.3 is 18.9 Å². The van der Waals surface area contributed by atoms with Crippen molar-refractivity contribution in [1.82, 2.24) is 9.97 Å². The molecule has 0 radical (unpaired) electrons. The van der Waals surface area contributed by atoms with E-state index in [2.05, 4.69) is 9.97 Å². The van der Waals surface area contributed by atoms with Crippen molar-refractivity contribution >= 4 is 34.3 Å². The van der Waals surface area contributed by atoms with Crippen molar-refractivity contribution in [2.24, 2.45) is 0 Å². The maximum Gasteiger partial charge on any atom is 0.245 e. The molecule has 0 spiro atoms. The first kappa shape index (κ1) is 18.7. The Morgan fingerprint density at radius 2 is 2.07 bits per heavy atom. The van der Waals surface area contributed by atoms with Crippen LogP contribution in [0.3, 0.4) is 0 Å². The molecule has 0 bridgehead atoms. The van der Waals surface area contributed by atoms with Crippen LogP contribution in [0.1, 0.15) is 0 Å². The summed E-state index contributed by atoms with van der Waals surface area (Å²) in [7, 11) is 1.55. The van der Waals surface area contributed by atoms with Crippen molar-refractivity contribution in [1.29, 1.82) is 0 Å². The molecular formula is C19H17ClFN3O4. The average Bonchev–Trinajstić information content (AvgIpc) is 3.25. The number of fused-ring (bicyclic) bond motifs is 1. The molecule has 7 nitrogen and oxygen atoms in total. The predicted octanol–water partition coefficient (Wildman–Crippen LogP) is 3.82. The van der Waals surface area contributed by atoms with Crippen molar-refractivity contribution in [2.75, 3.05) is 31.5 Å². The molecule has 1 atom stereocenters. The van der Waals surface area contributed by atoms with Crippen molar-refractivity contribution < 1.29 is 23.3 Å². The van der Waals surface area contributed by atoms with Gasteiger partial charge in [-0.05, 0) is 30.3 Å².